The molecule has 3 aromatic rings. The highest BCUT2D eigenvalue weighted by atomic mass is 14.9. The molecule has 1 aliphatic rings. The van der Waals surface area contributed by atoms with Crippen molar-refractivity contribution in [1.29, 1.82) is 0 Å². The van der Waals surface area contributed by atoms with Gasteiger partial charge in [0, 0.05) is 26.6 Å². The third-order valence-corrected chi connectivity index (χ3v) is 6.06. The molecule has 2 unspecified atom stereocenters. The van der Waals surface area contributed by atoms with Crippen LogP contribution in [-0.4, -0.2) is 6.04 Å². The minimum Gasteiger partial charge on any atom is -0.387 e. The summed E-state index contributed by atoms with van der Waals surface area (Å²) in [5.74, 6) is 0.353. The summed E-state index contributed by atoms with van der Waals surface area (Å²) in [5, 5.41) is 3.68. The van der Waals surface area contributed by atoms with Gasteiger partial charge in [-0.05, 0) is 47.1 Å². The van der Waals surface area contributed by atoms with Crippen LogP contribution in [0.4, 0.5) is 0 Å². The van der Waals surface area contributed by atoms with Crippen molar-refractivity contribution in [2.45, 2.75) is 45.1 Å². The molecular weight excluding hydrogens is 398 g/mol. The number of rotatable bonds is 8. The normalized spacial score (nSPS) is 16.5. The topological polar surface area (TPSA) is 12.0 Å². The number of allylic oxidation sites excluding steroid dienone is 2. The number of nitrogens with one attached hydrogen (secondary N) is 1. The van der Waals surface area contributed by atoms with Crippen LogP contribution in [0.5, 0.6) is 0 Å². The van der Waals surface area contributed by atoms with Gasteiger partial charge in [0.1, 0.15) is 0 Å². The van der Waals surface area contributed by atoms with E-state index in [1.165, 1.54) is 27.8 Å². The van der Waals surface area contributed by atoms with Crippen molar-refractivity contribution < 1.29 is 2.85 Å². The van der Waals surface area contributed by atoms with Crippen LogP contribution in [0.15, 0.2) is 116 Å². The van der Waals surface area contributed by atoms with E-state index in [1.807, 2.05) is 19.9 Å². The molecule has 0 aromatic heterocycles. The van der Waals surface area contributed by atoms with Crippen LogP contribution in [0.1, 0.15) is 57.7 Å². The summed E-state index contributed by atoms with van der Waals surface area (Å²) in [4.78, 5) is 0. The molecule has 0 fully saturated rings. The van der Waals surface area contributed by atoms with Gasteiger partial charge in [0.15, 0.2) is 0 Å². The molecule has 1 aliphatic heterocycles. The van der Waals surface area contributed by atoms with E-state index >= 15 is 0 Å². The van der Waals surface area contributed by atoms with Crippen LogP contribution in [0.3, 0.4) is 0 Å². The Morgan fingerprint density at radius 3 is 2.18 bits per heavy atom. The maximum atomic E-state index is 3.82. The lowest BCUT2D eigenvalue weighted by molar-refractivity contribution is 0.532. The van der Waals surface area contributed by atoms with Gasteiger partial charge in [-0.15, -0.1) is 12.3 Å². The Labute approximate surface area is 202 Å². The first-order valence-electron chi connectivity index (χ1n) is 12.0. The quantitative estimate of drug-likeness (QED) is 0.274. The van der Waals surface area contributed by atoms with Gasteiger partial charge >= 0.3 is 0 Å². The van der Waals surface area contributed by atoms with Crippen molar-refractivity contribution in [1.82, 2.24) is 5.32 Å². The molecule has 0 aliphatic carbocycles. The molecule has 1 heteroatoms. The minimum atomic E-state index is 0. The molecule has 0 bridgehead atoms. The second-order valence-electron chi connectivity index (χ2n) is 8.01. The van der Waals surface area contributed by atoms with Crippen molar-refractivity contribution in [2.75, 3.05) is 0 Å². The molecule has 2 atom stereocenters. The zero-order chi connectivity index (χ0) is 23.5. The second kappa shape index (κ2) is 12.5. The number of hydrogen-bond acceptors (Lipinski definition) is 1. The van der Waals surface area contributed by atoms with Crippen LogP contribution in [0.25, 0.3) is 11.1 Å². The van der Waals surface area contributed by atoms with Crippen molar-refractivity contribution in [3.63, 3.8) is 0 Å². The van der Waals surface area contributed by atoms with E-state index < -0.39 is 0 Å². The van der Waals surface area contributed by atoms with Gasteiger partial charge in [-0.1, -0.05) is 111 Å². The van der Waals surface area contributed by atoms with Gasteiger partial charge in [0.2, 0.25) is 0 Å². The van der Waals surface area contributed by atoms with E-state index in [-0.39, 0.29) is 2.85 Å². The predicted molar refractivity (Wildman–Crippen MR) is 148 cm³/mol. The van der Waals surface area contributed by atoms with E-state index in [9.17, 15) is 0 Å². The van der Waals surface area contributed by atoms with Crippen LogP contribution in [-0.2, 0) is 6.42 Å². The first kappa shape index (κ1) is 24.1. The zero-order valence-electron chi connectivity index (χ0n) is 19.9. The largest absolute Gasteiger partial charge is 0.387 e. The van der Waals surface area contributed by atoms with E-state index in [0.29, 0.717) is 12.0 Å². The monoisotopic (exact) mass is 437 g/mol. The minimum absolute atomic E-state index is 0. The lowest BCUT2D eigenvalue weighted by Crippen LogP contribution is -2.26. The smallest absolute Gasteiger partial charge is 0.0369 e. The Balaban J connectivity index is 0.00000149. The van der Waals surface area contributed by atoms with E-state index in [4.69, 9.17) is 0 Å². The fourth-order valence-electron chi connectivity index (χ4n) is 4.45. The fourth-order valence-corrected chi connectivity index (χ4v) is 4.45. The average Bonchev–Trinajstić information content (AvgIpc) is 3.33. The summed E-state index contributed by atoms with van der Waals surface area (Å²) in [5.41, 5.74) is 10.7. The van der Waals surface area contributed by atoms with Gasteiger partial charge in [0.25, 0.3) is 0 Å². The molecule has 0 amide bonds. The fraction of sp³-hybridized carbons (Fsp3) is 0.219. The maximum Gasteiger partial charge on any atom is 0.0369 e. The molecule has 1 heterocycles. The van der Waals surface area contributed by atoms with Gasteiger partial charge in [-0.25, -0.2) is 0 Å². The Hall–Kier alpha value is -3.54. The summed E-state index contributed by atoms with van der Waals surface area (Å²) in [6.45, 7) is 11.6. The lowest BCUT2D eigenvalue weighted by atomic mass is 9.82. The van der Waals surface area contributed by atoms with Crippen molar-refractivity contribution >= 4 is 11.1 Å². The molecule has 0 saturated heterocycles. The Morgan fingerprint density at radius 2 is 1.58 bits per heavy atom. The Morgan fingerprint density at radius 1 is 0.939 bits per heavy atom. The third-order valence-electron chi connectivity index (χ3n) is 6.06. The second-order valence-corrected chi connectivity index (χ2v) is 8.01. The molecule has 172 valence electrons. The molecule has 1 nitrogen and oxygen atoms in total. The molecule has 0 radical (unpaired) electrons. The van der Waals surface area contributed by atoms with E-state index in [0.717, 1.165) is 24.8 Å². The van der Waals surface area contributed by atoms with Crippen molar-refractivity contribution in [2.24, 2.45) is 0 Å². The van der Waals surface area contributed by atoms with Crippen molar-refractivity contribution in [3.8, 4) is 0 Å². The molecular formula is C32H39N. The first-order chi connectivity index (χ1) is 16.3. The summed E-state index contributed by atoms with van der Waals surface area (Å²) in [7, 11) is 0. The number of aryl methyl sites for hydroxylation is 1. The van der Waals surface area contributed by atoms with Gasteiger partial charge in [-0.2, -0.15) is 0 Å². The molecule has 33 heavy (non-hydrogen) atoms. The maximum absolute atomic E-state index is 3.82. The predicted octanol–water partition coefficient (Wildman–Crippen LogP) is 8.68. The zero-order valence-corrected chi connectivity index (χ0v) is 19.9. The summed E-state index contributed by atoms with van der Waals surface area (Å²) in [6.07, 6.45) is 7.02. The Kier molecular flexibility index (Phi) is 9.12. The molecule has 3 aromatic carbocycles. The SMILES string of the molecule is C=C=C(CC=C)c1ccc(CCC2NC=C(c3ccccc3)C2c2ccccc2)cc1.CC.[HH].[HH]. The number of benzene rings is 3. The third kappa shape index (κ3) is 6.04. The Bertz CT molecular complexity index is 1100. The first-order valence-corrected chi connectivity index (χ1v) is 12.0. The van der Waals surface area contributed by atoms with Gasteiger partial charge in [0.05, 0.1) is 0 Å². The average molecular weight is 438 g/mol. The van der Waals surface area contributed by atoms with Crippen LogP contribution >= 0.6 is 0 Å². The highest BCUT2D eigenvalue weighted by Crippen LogP contribution is 2.39. The van der Waals surface area contributed by atoms with Gasteiger partial charge in [-0.3, -0.25) is 0 Å². The molecule has 1 N–H and O–H groups in total. The van der Waals surface area contributed by atoms with Crippen LogP contribution in [0.2, 0.25) is 0 Å². The summed E-state index contributed by atoms with van der Waals surface area (Å²) >= 11 is 0. The molecule has 0 spiro atoms. The summed E-state index contributed by atoms with van der Waals surface area (Å²) in [6, 6.07) is 30.8. The summed E-state index contributed by atoms with van der Waals surface area (Å²) < 4.78 is 0. The van der Waals surface area contributed by atoms with E-state index in [1.54, 1.807) is 0 Å². The number of hydrogen-bond donors (Lipinski definition) is 1. The van der Waals surface area contributed by atoms with Crippen LogP contribution < -0.4 is 5.32 Å². The van der Waals surface area contributed by atoms with E-state index in [2.05, 4.69) is 115 Å². The standard InChI is InChI=1S/C30H29N.C2H6.2H2/c1-3-11-24(4-2)25-19-16-23(17-20-25)18-21-29-30(27-14-9-6-10-15-27)28(22-31-29)26-12-7-5-8-13-26;1-2;;/h3,5-10,12-17,19-20,22,29-31H,1-2,11,18,21H2;1-2H3;2*1H. The van der Waals surface area contributed by atoms with Crippen molar-refractivity contribution in [3.05, 3.63) is 138 Å². The van der Waals surface area contributed by atoms with Crippen LogP contribution in [0, 0.1) is 0 Å². The molecule has 0 saturated carbocycles. The highest BCUT2D eigenvalue weighted by Gasteiger charge is 2.31. The molecule has 4 rings (SSSR count). The highest BCUT2D eigenvalue weighted by molar-refractivity contribution is 5.74. The lowest BCUT2D eigenvalue weighted by Gasteiger charge is -2.24. The van der Waals surface area contributed by atoms with Gasteiger partial charge < -0.3 is 5.32 Å².